The molecule has 5 nitrogen and oxygen atoms in total. The maximum Gasteiger partial charge on any atom is 0.272 e. The molecule has 24 heavy (non-hydrogen) atoms. The highest BCUT2D eigenvalue weighted by atomic mass is 32.2. The number of benzene rings is 2. The van der Waals surface area contributed by atoms with Crippen LogP contribution in [0.1, 0.15) is 16.7 Å². The number of methoxy groups -OCH3 is 1. The van der Waals surface area contributed by atoms with Crippen molar-refractivity contribution < 1.29 is 13.2 Å². The minimum Gasteiger partial charge on any atom is -0.496 e. The lowest BCUT2D eigenvalue weighted by molar-refractivity contribution is 0.414. The van der Waals surface area contributed by atoms with Crippen molar-refractivity contribution in [1.82, 2.24) is 0 Å². The first-order chi connectivity index (χ1) is 11.4. The number of anilines is 1. The second kappa shape index (κ2) is 7.20. The summed E-state index contributed by atoms with van der Waals surface area (Å²) in [4.78, 5) is -0.382. The molecule has 0 heterocycles. The number of nitrogens with one attached hydrogen (secondary N) is 1. The van der Waals surface area contributed by atoms with Gasteiger partial charge in [-0.25, -0.2) is 8.42 Å². The molecular weight excluding hydrogens is 324 g/mol. The standard InChI is InChI=1S/C18H18N2O3S/c1-13-8-9-17(14(2)10-13)20-24(21,22)16(12-19)11-15-6-4-5-7-18(15)23-3/h4-11,20H,1-3H3/b16-11-. The highest BCUT2D eigenvalue weighted by Crippen LogP contribution is 2.24. The molecule has 0 spiro atoms. The van der Waals surface area contributed by atoms with Gasteiger partial charge in [0.05, 0.1) is 12.8 Å². The Morgan fingerprint density at radius 2 is 1.92 bits per heavy atom. The summed E-state index contributed by atoms with van der Waals surface area (Å²) in [6.07, 6.45) is 1.30. The van der Waals surface area contributed by atoms with Crippen molar-refractivity contribution in [1.29, 1.82) is 5.26 Å². The Balaban J connectivity index is 2.42. The van der Waals surface area contributed by atoms with Crippen LogP contribution < -0.4 is 9.46 Å². The minimum atomic E-state index is -3.99. The first-order valence-electron chi connectivity index (χ1n) is 7.22. The maximum absolute atomic E-state index is 12.5. The molecule has 2 aromatic rings. The predicted molar refractivity (Wildman–Crippen MR) is 95.0 cm³/mol. The van der Waals surface area contributed by atoms with E-state index in [9.17, 15) is 13.7 Å². The third-order valence-electron chi connectivity index (χ3n) is 3.45. The number of nitriles is 1. The van der Waals surface area contributed by atoms with Gasteiger partial charge in [-0.3, -0.25) is 4.72 Å². The van der Waals surface area contributed by atoms with E-state index in [0.717, 1.165) is 11.1 Å². The van der Waals surface area contributed by atoms with E-state index in [1.807, 2.05) is 13.0 Å². The third kappa shape index (κ3) is 3.94. The largest absolute Gasteiger partial charge is 0.496 e. The van der Waals surface area contributed by atoms with Crippen molar-refractivity contribution in [3.8, 4) is 11.8 Å². The zero-order chi connectivity index (χ0) is 17.7. The summed E-state index contributed by atoms with van der Waals surface area (Å²) in [5.74, 6) is 0.493. The number of allylic oxidation sites excluding steroid dienone is 1. The van der Waals surface area contributed by atoms with Crippen LogP contribution in [-0.4, -0.2) is 15.5 Å². The van der Waals surface area contributed by atoms with Crippen LogP contribution in [0.2, 0.25) is 0 Å². The third-order valence-corrected chi connectivity index (χ3v) is 4.73. The molecule has 0 unspecified atom stereocenters. The highest BCUT2D eigenvalue weighted by molar-refractivity contribution is 7.97. The van der Waals surface area contributed by atoms with E-state index in [1.54, 1.807) is 49.4 Å². The van der Waals surface area contributed by atoms with E-state index in [1.165, 1.54) is 13.2 Å². The van der Waals surface area contributed by atoms with Gasteiger partial charge in [-0.2, -0.15) is 5.26 Å². The summed E-state index contributed by atoms with van der Waals surface area (Å²) in [5.41, 5.74) is 2.78. The molecule has 0 bridgehead atoms. The molecule has 0 atom stereocenters. The molecule has 6 heteroatoms. The quantitative estimate of drug-likeness (QED) is 0.842. The number of ether oxygens (including phenoxy) is 1. The Bertz CT molecular complexity index is 926. The zero-order valence-corrected chi connectivity index (χ0v) is 14.5. The number of rotatable bonds is 5. The van der Waals surface area contributed by atoms with E-state index < -0.39 is 10.0 Å². The Kier molecular flexibility index (Phi) is 5.27. The van der Waals surface area contributed by atoms with Crippen molar-refractivity contribution in [3.63, 3.8) is 0 Å². The molecule has 0 aliphatic heterocycles. The lowest BCUT2D eigenvalue weighted by Gasteiger charge is -2.11. The lowest BCUT2D eigenvalue weighted by Crippen LogP contribution is -2.15. The maximum atomic E-state index is 12.5. The summed E-state index contributed by atoms with van der Waals surface area (Å²) in [7, 11) is -2.50. The second-order valence-electron chi connectivity index (χ2n) is 5.29. The fourth-order valence-electron chi connectivity index (χ4n) is 2.22. The van der Waals surface area contributed by atoms with Gasteiger partial charge in [0, 0.05) is 5.56 Å². The second-order valence-corrected chi connectivity index (χ2v) is 6.94. The van der Waals surface area contributed by atoms with Gasteiger partial charge in [-0.15, -0.1) is 0 Å². The van der Waals surface area contributed by atoms with E-state index in [2.05, 4.69) is 4.72 Å². The van der Waals surface area contributed by atoms with Crippen LogP contribution in [0.5, 0.6) is 5.75 Å². The zero-order valence-electron chi connectivity index (χ0n) is 13.7. The van der Waals surface area contributed by atoms with Crippen LogP contribution >= 0.6 is 0 Å². The summed E-state index contributed by atoms with van der Waals surface area (Å²) in [6, 6.07) is 14.0. The first-order valence-corrected chi connectivity index (χ1v) is 8.70. The monoisotopic (exact) mass is 342 g/mol. The molecular formula is C18H18N2O3S. The summed E-state index contributed by atoms with van der Waals surface area (Å²) in [5, 5.41) is 9.30. The van der Waals surface area contributed by atoms with E-state index in [-0.39, 0.29) is 4.91 Å². The molecule has 124 valence electrons. The first kappa shape index (κ1) is 17.6. The SMILES string of the molecule is COc1ccccc1/C=C(/C#N)S(=O)(=O)Nc1ccc(C)cc1C. The summed E-state index contributed by atoms with van der Waals surface area (Å²) >= 11 is 0. The summed E-state index contributed by atoms with van der Waals surface area (Å²) in [6.45, 7) is 3.73. The van der Waals surface area contributed by atoms with Crippen LogP contribution in [0.3, 0.4) is 0 Å². The number of para-hydroxylation sites is 1. The molecule has 0 fully saturated rings. The van der Waals surface area contributed by atoms with E-state index in [4.69, 9.17) is 4.74 Å². The Morgan fingerprint density at radius 1 is 1.21 bits per heavy atom. The predicted octanol–water partition coefficient (Wildman–Crippen LogP) is 3.62. The number of sulfonamides is 1. The molecule has 0 saturated carbocycles. The number of aryl methyl sites for hydroxylation is 2. The van der Waals surface area contributed by atoms with Crippen molar-refractivity contribution >= 4 is 21.8 Å². The van der Waals surface area contributed by atoms with Gasteiger partial charge in [0.15, 0.2) is 4.91 Å². The van der Waals surface area contributed by atoms with Gasteiger partial charge >= 0.3 is 0 Å². The summed E-state index contributed by atoms with van der Waals surface area (Å²) < 4.78 is 32.7. The van der Waals surface area contributed by atoms with Crippen LogP contribution in [0.4, 0.5) is 5.69 Å². The molecule has 0 aromatic heterocycles. The fraction of sp³-hybridized carbons (Fsp3) is 0.167. The van der Waals surface area contributed by atoms with Gasteiger partial charge in [0.25, 0.3) is 10.0 Å². The van der Waals surface area contributed by atoms with Crippen molar-refractivity contribution in [2.24, 2.45) is 0 Å². The van der Waals surface area contributed by atoms with Gasteiger partial charge in [-0.1, -0.05) is 35.9 Å². The minimum absolute atomic E-state index is 0.382. The molecule has 1 N–H and O–H groups in total. The van der Waals surface area contributed by atoms with Crippen LogP contribution in [0.25, 0.3) is 6.08 Å². The van der Waals surface area contributed by atoms with Crippen LogP contribution in [-0.2, 0) is 10.0 Å². The highest BCUT2D eigenvalue weighted by Gasteiger charge is 2.19. The van der Waals surface area contributed by atoms with Crippen molar-refractivity contribution in [3.05, 3.63) is 64.1 Å². The molecule has 0 saturated heterocycles. The molecule has 2 aromatic carbocycles. The average Bonchev–Trinajstić information content (AvgIpc) is 2.55. The van der Waals surface area contributed by atoms with Crippen LogP contribution in [0.15, 0.2) is 47.4 Å². The number of nitrogens with zero attached hydrogens (tertiary/aromatic N) is 1. The normalized spacial score (nSPS) is 11.7. The molecule has 0 aliphatic rings. The Hall–Kier alpha value is -2.78. The topological polar surface area (TPSA) is 79.2 Å². The van der Waals surface area contributed by atoms with Gasteiger partial charge in [0.1, 0.15) is 11.8 Å². The Labute approximate surface area is 142 Å². The molecule has 0 aliphatic carbocycles. The van der Waals surface area contributed by atoms with Crippen molar-refractivity contribution in [2.75, 3.05) is 11.8 Å². The van der Waals surface area contributed by atoms with Gasteiger partial charge < -0.3 is 4.74 Å². The van der Waals surface area contributed by atoms with Crippen LogP contribution in [0, 0.1) is 25.2 Å². The average molecular weight is 342 g/mol. The smallest absolute Gasteiger partial charge is 0.272 e. The van der Waals surface area contributed by atoms with E-state index >= 15 is 0 Å². The molecule has 0 amide bonds. The number of hydrogen-bond donors (Lipinski definition) is 1. The lowest BCUT2D eigenvalue weighted by atomic mass is 10.1. The van der Waals surface area contributed by atoms with Gasteiger partial charge in [0.2, 0.25) is 0 Å². The van der Waals surface area contributed by atoms with E-state index in [0.29, 0.717) is 17.0 Å². The van der Waals surface area contributed by atoms with Crippen molar-refractivity contribution in [2.45, 2.75) is 13.8 Å². The Morgan fingerprint density at radius 3 is 2.54 bits per heavy atom. The number of hydrogen-bond acceptors (Lipinski definition) is 4. The molecule has 2 rings (SSSR count). The van der Waals surface area contributed by atoms with Gasteiger partial charge in [-0.05, 0) is 37.6 Å². The molecule has 0 radical (unpaired) electrons. The fourth-order valence-corrected chi connectivity index (χ4v) is 3.26.